The third-order valence-corrected chi connectivity index (χ3v) is 2.80. The van der Waals surface area contributed by atoms with Gasteiger partial charge in [0.15, 0.2) is 11.6 Å². The van der Waals surface area contributed by atoms with Crippen LogP contribution in [0.1, 0.15) is 34.8 Å². The van der Waals surface area contributed by atoms with E-state index >= 15 is 0 Å². The first kappa shape index (κ1) is 10.6. The molecule has 2 heteroatoms. The predicted molar refractivity (Wildman–Crippen MR) is 64.1 cm³/mol. The molecule has 16 heavy (non-hydrogen) atoms. The average Bonchev–Trinajstić information content (AvgIpc) is 2.29. The standard InChI is InChI=1S/C14H12O2/c1-3-9-6-5-7-11-13(16)8-12(15)10(4-2)14(9)11/h3-7H,1,8H2,2H3/b10-4-. The molecule has 0 aromatic heterocycles. The van der Waals surface area contributed by atoms with Gasteiger partial charge in [-0.15, -0.1) is 0 Å². The van der Waals surface area contributed by atoms with E-state index < -0.39 is 0 Å². The van der Waals surface area contributed by atoms with Crippen molar-refractivity contribution in [3.05, 3.63) is 47.5 Å². The van der Waals surface area contributed by atoms with Crippen LogP contribution in [0.15, 0.2) is 30.9 Å². The summed E-state index contributed by atoms with van der Waals surface area (Å²) in [6.07, 6.45) is 3.42. The third-order valence-electron chi connectivity index (χ3n) is 2.80. The molecule has 1 aliphatic carbocycles. The van der Waals surface area contributed by atoms with Crippen LogP contribution in [0.25, 0.3) is 11.6 Å². The van der Waals surface area contributed by atoms with Gasteiger partial charge >= 0.3 is 0 Å². The van der Waals surface area contributed by atoms with Gasteiger partial charge in [-0.3, -0.25) is 9.59 Å². The molecule has 1 aromatic carbocycles. The number of benzene rings is 1. The van der Waals surface area contributed by atoms with E-state index in [1.54, 1.807) is 18.2 Å². The largest absolute Gasteiger partial charge is 0.294 e. The van der Waals surface area contributed by atoms with E-state index in [-0.39, 0.29) is 18.0 Å². The topological polar surface area (TPSA) is 34.1 Å². The number of carbonyl (C=O) groups is 2. The van der Waals surface area contributed by atoms with Crippen LogP contribution in [-0.4, -0.2) is 11.6 Å². The molecule has 0 unspecified atom stereocenters. The summed E-state index contributed by atoms with van der Waals surface area (Å²) in [6, 6.07) is 5.44. The van der Waals surface area contributed by atoms with Gasteiger partial charge in [0.2, 0.25) is 0 Å². The van der Waals surface area contributed by atoms with Gasteiger partial charge in [0.05, 0.1) is 6.42 Å². The van der Waals surface area contributed by atoms with Crippen LogP contribution in [0.2, 0.25) is 0 Å². The zero-order valence-electron chi connectivity index (χ0n) is 9.12. The minimum atomic E-state index is -0.102. The molecule has 0 spiro atoms. The smallest absolute Gasteiger partial charge is 0.171 e. The molecule has 0 saturated carbocycles. The molecule has 0 aliphatic heterocycles. The van der Waals surface area contributed by atoms with Gasteiger partial charge in [-0.1, -0.05) is 36.9 Å². The SMILES string of the molecule is C=Cc1cccc2c1/C(=C\C)C(=O)CC2=O. The summed E-state index contributed by atoms with van der Waals surface area (Å²) in [5.74, 6) is -0.205. The number of rotatable bonds is 1. The van der Waals surface area contributed by atoms with Crippen LogP contribution in [0.4, 0.5) is 0 Å². The van der Waals surface area contributed by atoms with Crippen LogP contribution in [0.3, 0.4) is 0 Å². The molecule has 0 amide bonds. The summed E-state index contributed by atoms with van der Waals surface area (Å²) in [4.78, 5) is 23.5. The molecule has 0 saturated heterocycles. The first-order valence-corrected chi connectivity index (χ1v) is 5.17. The van der Waals surface area contributed by atoms with Crippen molar-refractivity contribution in [3.8, 4) is 0 Å². The van der Waals surface area contributed by atoms with E-state index in [0.717, 1.165) is 11.1 Å². The Morgan fingerprint density at radius 1 is 1.25 bits per heavy atom. The molecule has 80 valence electrons. The fourth-order valence-electron chi connectivity index (χ4n) is 2.05. The van der Waals surface area contributed by atoms with Crippen molar-refractivity contribution < 1.29 is 9.59 Å². The Hall–Kier alpha value is -1.96. The molecule has 1 aromatic rings. The van der Waals surface area contributed by atoms with Gasteiger partial charge in [-0.25, -0.2) is 0 Å². The molecule has 1 aliphatic rings. The lowest BCUT2D eigenvalue weighted by atomic mass is 9.82. The highest BCUT2D eigenvalue weighted by atomic mass is 16.1. The summed E-state index contributed by atoms with van der Waals surface area (Å²) in [6.45, 7) is 5.52. The second-order valence-corrected chi connectivity index (χ2v) is 3.70. The van der Waals surface area contributed by atoms with Crippen molar-refractivity contribution in [2.75, 3.05) is 0 Å². The van der Waals surface area contributed by atoms with Crippen LogP contribution < -0.4 is 0 Å². The van der Waals surface area contributed by atoms with Crippen LogP contribution in [-0.2, 0) is 4.79 Å². The van der Waals surface area contributed by atoms with E-state index in [1.165, 1.54) is 0 Å². The van der Waals surface area contributed by atoms with Crippen molar-refractivity contribution in [2.45, 2.75) is 13.3 Å². The molecule has 0 bridgehead atoms. The Morgan fingerprint density at radius 3 is 2.62 bits per heavy atom. The van der Waals surface area contributed by atoms with Crippen molar-refractivity contribution >= 4 is 23.2 Å². The van der Waals surface area contributed by atoms with Crippen LogP contribution in [0.5, 0.6) is 0 Å². The molecule has 0 fully saturated rings. The number of allylic oxidation sites excluding steroid dienone is 2. The van der Waals surface area contributed by atoms with Gasteiger partial charge in [0.25, 0.3) is 0 Å². The van der Waals surface area contributed by atoms with Crippen molar-refractivity contribution in [1.29, 1.82) is 0 Å². The normalized spacial score (nSPS) is 17.4. The molecule has 0 N–H and O–H groups in total. The molecule has 2 nitrogen and oxygen atoms in total. The van der Waals surface area contributed by atoms with Crippen molar-refractivity contribution in [3.63, 3.8) is 0 Å². The number of fused-ring (bicyclic) bond motifs is 1. The lowest BCUT2D eigenvalue weighted by molar-refractivity contribution is -0.113. The maximum absolute atomic E-state index is 11.7. The number of Topliss-reactive ketones (excluding diaryl/α,β-unsaturated/α-hetero) is 2. The van der Waals surface area contributed by atoms with Crippen LogP contribution >= 0.6 is 0 Å². The first-order chi connectivity index (χ1) is 7.69. The molecule has 0 heterocycles. The van der Waals surface area contributed by atoms with Crippen molar-refractivity contribution in [2.24, 2.45) is 0 Å². The van der Waals surface area contributed by atoms with E-state index in [4.69, 9.17) is 0 Å². The Morgan fingerprint density at radius 2 is 2.00 bits per heavy atom. The Bertz CT molecular complexity index is 522. The maximum Gasteiger partial charge on any atom is 0.171 e. The average molecular weight is 212 g/mol. The molecule has 0 radical (unpaired) electrons. The summed E-state index contributed by atoms with van der Waals surface area (Å²) >= 11 is 0. The fourth-order valence-corrected chi connectivity index (χ4v) is 2.05. The lowest BCUT2D eigenvalue weighted by Crippen LogP contribution is -2.19. The zero-order chi connectivity index (χ0) is 11.7. The first-order valence-electron chi connectivity index (χ1n) is 5.17. The van der Waals surface area contributed by atoms with Gasteiger partial charge in [-0.05, 0) is 12.5 Å². The highest BCUT2D eigenvalue weighted by Crippen LogP contribution is 2.31. The molecular formula is C14H12O2. The third kappa shape index (κ3) is 1.43. The number of carbonyl (C=O) groups excluding carboxylic acids is 2. The minimum Gasteiger partial charge on any atom is -0.294 e. The van der Waals surface area contributed by atoms with Crippen molar-refractivity contribution in [1.82, 2.24) is 0 Å². The summed E-state index contributed by atoms with van der Waals surface area (Å²) in [5.41, 5.74) is 2.84. The Labute approximate surface area is 94.3 Å². The van der Waals surface area contributed by atoms with Crippen LogP contribution in [0, 0.1) is 0 Å². The summed E-state index contributed by atoms with van der Waals surface area (Å²) in [5, 5.41) is 0. The van der Waals surface area contributed by atoms with Gasteiger partial charge in [-0.2, -0.15) is 0 Å². The maximum atomic E-state index is 11.7. The second kappa shape index (κ2) is 3.89. The second-order valence-electron chi connectivity index (χ2n) is 3.70. The quantitative estimate of drug-likeness (QED) is 0.530. The lowest BCUT2D eigenvalue weighted by Gasteiger charge is -2.19. The summed E-state index contributed by atoms with van der Waals surface area (Å²) < 4.78 is 0. The van der Waals surface area contributed by atoms with E-state index in [9.17, 15) is 9.59 Å². The molecular weight excluding hydrogens is 200 g/mol. The number of hydrogen-bond acceptors (Lipinski definition) is 2. The Kier molecular flexibility index (Phi) is 2.57. The number of hydrogen-bond donors (Lipinski definition) is 0. The highest BCUT2D eigenvalue weighted by Gasteiger charge is 2.28. The predicted octanol–water partition coefficient (Wildman–Crippen LogP) is 2.89. The van der Waals surface area contributed by atoms with E-state index in [2.05, 4.69) is 6.58 Å². The molecule has 0 atom stereocenters. The van der Waals surface area contributed by atoms with Gasteiger partial charge in [0, 0.05) is 16.7 Å². The zero-order valence-corrected chi connectivity index (χ0v) is 9.12. The van der Waals surface area contributed by atoms with E-state index in [1.807, 2.05) is 19.1 Å². The summed E-state index contributed by atoms with van der Waals surface area (Å²) in [7, 11) is 0. The van der Waals surface area contributed by atoms with E-state index in [0.29, 0.717) is 11.1 Å². The molecule has 2 rings (SSSR count). The monoisotopic (exact) mass is 212 g/mol. The van der Waals surface area contributed by atoms with Gasteiger partial charge in [0.1, 0.15) is 0 Å². The Balaban J connectivity index is 2.79. The fraction of sp³-hybridized carbons (Fsp3) is 0.143. The highest BCUT2D eigenvalue weighted by molar-refractivity contribution is 6.33. The minimum absolute atomic E-state index is 0.0206. The van der Waals surface area contributed by atoms with Gasteiger partial charge < -0.3 is 0 Å². The number of ketones is 2.